The number of para-hydroxylation sites is 1. The molecule has 2 aromatic rings. The van der Waals surface area contributed by atoms with Crippen molar-refractivity contribution in [3.63, 3.8) is 0 Å². The molecule has 0 unspecified atom stereocenters. The van der Waals surface area contributed by atoms with Crippen molar-refractivity contribution in [3.8, 4) is 16.9 Å². The van der Waals surface area contributed by atoms with E-state index in [1.165, 1.54) is 0 Å². The molecule has 0 aliphatic heterocycles. The lowest BCUT2D eigenvalue weighted by Gasteiger charge is -2.05. The molecule has 80 valence electrons. The van der Waals surface area contributed by atoms with Crippen LogP contribution in [0.3, 0.4) is 0 Å². The first kappa shape index (κ1) is 10.7. The number of phenols is 1. The smallest absolute Gasteiger partial charge is 0.252 e. The van der Waals surface area contributed by atoms with Gasteiger partial charge in [0.1, 0.15) is 5.75 Å². The summed E-state index contributed by atoms with van der Waals surface area (Å²) in [5.74, 6) is 0.182. The minimum Gasteiger partial charge on any atom is -0.507 e. The van der Waals surface area contributed by atoms with Gasteiger partial charge in [-0.25, -0.2) is 0 Å². The minimum atomic E-state index is -0.503. The Hall–Kier alpha value is -1.80. The fourth-order valence-electron chi connectivity index (χ4n) is 1.53. The quantitative estimate of drug-likeness (QED) is 0.806. The van der Waals surface area contributed by atoms with Crippen molar-refractivity contribution in [2.24, 2.45) is 0 Å². The van der Waals surface area contributed by atoms with Crippen LogP contribution in [0.5, 0.6) is 5.75 Å². The van der Waals surface area contributed by atoms with Gasteiger partial charge in [-0.1, -0.05) is 36.4 Å². The van der Waals surface area contributed by atoms with E-state index < -0.39 is 5.24 Å². The fourth-order valence-corrected chi connectivity index (χ4v) is 1.64. The summed E-state index contributed by atoms with van der Waals surface area (Å²) in [7, 11) is 0. The van der Waals surface area contributed by atoms with E-state index in [2.05, 4.69) is 0 Å². The van der Waals surface area contributed by atoms with Gasteiger partial charge in [-0.05, 0) is 29.3 Å². The Morgan fingerprint density at radius 1 is 1.06 bits per heavy atom. The summed E-state index contributed by atoms with van der Waals surface area (Å²) < 4.78 is 0. The van der Waals surface area contributed by atoms with Gasteiger partial charge < -0.3 is 5.11 Å². The van der Waals surface area contributed by atoms with Crippen LogP contribution in [0.4, 0.5) is 0 Å². The Balaban J connectivity index is 2.53. The lowest BCUT2D eigenvalue weighted by molar-refractivity contribution is 0.108. The topological polar surface area (TPSA) is 37.3 Å². The number of carbonyl (C=O) groups excluding carboxylic acids is 1. The second-order valence-corrected chi connectivity index (χ2v) is 3.71. The van der Waals surface area contributed by atoms with Gasteiger partial charge >= 0.3 is 0 Å². The van der Waals surface area contributed by atoms with E-state index >= 15 is 0 Å². The maximum absolute atomic E-state index is 11.0. The molecule has 16 heavy (non-hydrogen) atoms. The third-order valence-electron chi connectivity index (χ3n) is 2.30. The van der Waals surface area contributed by atoms with Crippen LogP contribution < -0.4 is 0 Å². The van der Waals surface area contributed by atoms with Crippen molar-refractivity contribution in [2.75, 3.05) is 0 Å². The average Bonchev–Trinajstić information content (AvgIpc) is 2.30. The first-order valence-corrected chi connectivity index (χ1v) is 5.14. The maximum atomic E-state index is 11.0. The van der Waals surface area contributed by atoms with Crippen LogP contribution in [-0.2, 0) is 0 Å². The van der Waals surface area contributed by atoms with Gasteiger partial charge in [0.2, 0.25) is 0 Å². The SMILES string of the molecule is O=C(Cl)c1cccc(-c2ccccc2O)c1. The number of phenolic OH excluding ortho intramolecular Hbond substituents is 1. The number of benzene rings is 2. The lowest BCUT2D eigenvalue weighted by atomic mass is 10.0. The second-order valence-electron chi connectivity index (χ2n) is 3.37. The Labute approximate surface area is 98.1 Å². The van der Waals surface area contributed by atoms with Crippen LogP contribution in [0.25, 0.3) is 11.1 Å². The van der Waals surface area contributed by atoms with E-state index in [1.54, 1.807) is 36.4 Å². The molecule has 0 saturated heterocycles. The molecule has 0 fully saturated rings. The Kier molecular flexibility index (Phi) is 2.93. The number of rotatable bonds is 2. The zero-order valence-corrected chi connectivity index (χ0v) is 9.11. The van der Waals surface area contributed by atoms with Crippen molar-refractivity contribution in [2.45, 2.75) is 0 Å². The molecule has 2 nitrogen and oxygen atoms in total. The first-order valence-electron chi connectivity index (χ1n) is 4.77. The third kappa shape index (κ3) is 2.07. The fraction of sp³-hybridized carbons (Fsp3) is 0. The average molecular weight is 233 g/mol. The molecule has 0 aliphatic rings. The zero-order valence-electron chi connectivity index (χ0n) is 8.35. The largest absolute Gasteiger partial charge is 0.507 e. The van der Waals surface area contributed by atoms with Crippen LogP contribution in [0.1, 0.15) is 10.4 Å². The molecule has 2 rings (SSSR count). The summed E-state index contributed by atoms with van der Waals surface area (Å²) in [5, 5.41) is 9.17. The molecular weight excluding hydrogens is 224 g/mol. The minimum absolute atomic E-state index is 0.182. The van der Waals surface area contributed by atoms with Gasteiger partial charge in [0, 0.05) is 11.1 Å². The number of hydrogen-bond donors (Lipinski definition) is 1. The van der Waals surface area contributed by atoms with E-state index in [-0.39, 0.29) is 5.75 Å². The molecule has 0 bridgehead atoms. The molecule has 0 aromatic heterocycles. The summed E-state index contributed by atoms with van der Waals surface area (Å²) in [6.07, 6.45) is 0. The van der Waals surface area contributed by atoms with Crippen molar-refractivity contribution in [1.82, 2.24) is 0 Å². The predicted molar refractivity (Wildman–Crippen MR) is 63.7 cm³/mol. The van der Waals surface area contributed by atoms with E-state index in [0.717, 1.165) is 5.56 Å². The normalized spacial score (nSPS) is 10.1. The Morgan fingerprint density at radius 3 is 2.50 bits per heavy atom. The van der Waals surface area contributed by atoms with E-state index in [4.69, 9.17) is 11.6 Å². The molecule has 0 amide bonds. The number of halogens is 1. The highest BCUT2D eigenvalue weighted by Crippen LogP contribution is 2.29. The number of carbonyl (C=O) groups is 1. The number of hydrogen-bond acceptors (Lipinski definition) is 2. The zero-order chi connectivity index (χ0) is 11.5. The molecule has 3 heteroatoms. The maximum Gasteiger partial charge on any atom is 0.252 e. The van der Waals surface area contributed by atoms with Crippen LogP contribution in [-0.4, -0.2) is 10.3 Å². The molecule has 2 aromatic carbocycles. The van der Waals surface area contributed by atoms with Gasteiger partial charge in [0.25, 0.3) is 5.24 Å². The highest BCUT2D eigenvalue weighted by atomic mass is 35.5. The van der Waals surface area contributed by atoms with Gasteiger partial charge in [-0.15, -0.1) is 0 Å². The van der Waals surface area contributed by atoms with Crippen molar-refractivity contribution in [1.29, 1.82) is 0 Å². The summed E-state index contributed by atoms with van der Waals surface area (Å²) in [6, 6.07) is 13.8. The lowest BCUT2D eigenvalue weighted by Crippen LogP contribution is -1.89. The Morgan fingerprint density at radius 2 is 1.81 bits per heavy atom. The molecule has 0 spiro atoms. The van der Waals surface area contributed by atoms with Crippen LogP contribution >= 0.6 is 11.6 Å². The van der Waals surface area contributed by atoms with Gasteiger partial charge in [0.05, 0.1) is 0 Å². The van der Waals surface area contributed by atoms with Crippen LogP contribution in [0.15, 0.2) is 48.5 Å². The molecular formula is C13H9ClO2. The second kappa shape index (κ2) is 4.37. The molecule has 1 N–H and O–H groups in total. The molecule has 0 aliphatic carbocycles. The van der Waals surface area contributed by atoms with Crippen LogP contribution in [0.2, 0.25) is 0 Å². The van der Waals surface area contributed by atoms with E-state index in [0.29, 0.717) is 11.1 Å². The summed E-state index contributed by atoms with van der Waals surface area (Å²) in [5.41, 5.74) is 1.87. The molecule has 0 saturated carbocycles. The number of aromatic hydroxyl groups is 1. The van der Waals surface area contributed by atoms with E-state index in [1.807, 2.05) is 12.1 Å². The highest BCUT2D eigenvalue weighted by Gasteiger charge is 2.06. The summed E-state index contributed by atoms with van der Waals surface area (Å²) >= 11 is 5.40. The highest BCUT2D eigenvalue weighted by molar-refractivity contribution is 6.67. The monoisotopic (exact) mass is 232 g/mol. The molecule has 0 radical (unpaired) electrons. The standard InChI is InChI=1S/C13H9ClO2/c14-13(16)10-5-3-4-9(8-10)11-6-1-2-7-12(11)15/h1-8,15H. The van der Waals surface area contributed by atoms with Gasteiger partial charge in [-0.3, -0.25) is 4.79 Å². The van der Waals surface area contributed by atoms with Crippen molar-refractivity contribution >= 4 is 16.8 Å². The Bertz CT molecular complexity index is 535. The van der Waals surface area contributed by atoms with Crippen LogP contribution in [0, 0.1) is 0 Å². The van der Waals surface area contributed by atoms with Crippen molar-refractivity contribution < 1.29 is 9.90 Å². The third-order valence-corrected chi connectivity index (χ3v) is 2.52. The van der Waals surface area contributed by atoms with Crippen molar-refractivity contribution in [3.05, 3.63) is 54.1 Å². The summed E-state index contributed by atoms with van der Waals surface area (Å²) in [4.78, 5) is 11.0. The molecule has 0 atom stereocenters. The first-order chi connectivity index (χ1) is 7.68. The van der Waals surface area contributed by atoms with Gasteiger partial charge in [-0.2, -0.15) is 0 Å². The summed E-state index contributed by atoms with van der Waals surface area (Å²) in [6.45, 7) is 0. The predicted octanol–water partition coefficient (Wildman–Crippen LogP) is 3.44. The molecule has 0 heterocycles. The van der Waals surface area contributed by atoms with E-state index in [9.17, 15) is 9.90 Å². The van der Waals surface area contributed by atoms with Gasteiger partial charge in [0.15, 0.2) is 0 Å².